The third kappa shape index (κ3) is 2.39. The molecular weight excluding hydrogens is 344 g/mol. The number of rotatable bonds is 2. The van der Waals surface area contributed by atoms with Crippen LogP contribution in [0, 0.1) is 34.0 Å². The van der Waals surface area contributed by atoms with Crippen molar-refractivity contribution in [3.63, 3.8) is 0 Å². The Labute approximate surface area is 160 Å². The highest BCUT2D eigenvalue weighted by atomic mass is 16.5. The number of cyclic esters (lactones) is 1. The monoisotopic (exact) mass is 374 g/mol. The van der Waals surface area contributed by atoms with Crippen LogP contribution >= 0.6 is 0 Å². The second kappa shape index (κ2) is 5.92. The summed E-state index contributed by atoms with van der Waals surface area (Å²) < 4.78 is 11.0. The van der Waals surface area contributed by atoms with Gasteiger partial charge in [-0.2, -0.15) is 0 Å². The summed E-state index contributed by atoms with van der Waals surface area (Å²) in [6.07, 6.45) is 7.17. The second-order valence-electron chi connectivity index (χ2n) is 9.82. The number of allylic oxidation sites excluding steroid dienone is 1. The molecule has 0 N–H and O–H groups in total. The van der Waals surface area contributed by atoms with Crippen molar-refractivity contribution < 1.29 is 23.9 Å². The molecule has 27 heavy (non-hydrogen) atoms. The maximum atomic E-state index is 12.3. The smallest absolute Gasteiger partial charge is 0.334 e. The molecule has 0 aromatic carbocycles. The molecule has 4 aliphatic rings. The summed E-state index contributed by atoms with van der Waals surface area (Å²) >= 11 is 0. The van der Waals surface area contributed by atoms with Crippen molar-refractivity contribution in [2.45, 2.75) is 65.9 Å². The number of aldehydes is 1. The third-order valence-corrected chi connectivity index (χ3v) is 8.67. The van der Waals surface area contributed by atoms with Gasteiger partial charge in [-0.15, -0.1) is 0 Å². The van der Waals surface area contributed by atoms with Crippen molar-refractivity contribution in [1.29, 1.82) is 0 Å². The van der Waals surface area contributed by atoms with Gasteiger partial charge in [0.2, 0.25) is 0 Å². The number of carbonyl (C=O) groups excluding carboxylic acids is 3. The Morgan fingerprint density at radius 1 is 1.19 bits per heavy atom. The number of carbonyl (C=O) groups is 3. The van der Waals surface area contributed by atoms with Crippen LogP contribution in [0.2, 0.25) is 0 Å². The third-order valence-electron chi connectivity index (χ3n) is 8.67. The molecule has 1 saturated heterocycles. The quantitative estimate of drug-likeness (QED) is 0.547. The molecule has 0 bridgehead atoms. The summed E-state index contributed by atoms with van der Waals surface area (Å²) in [7, 11) is 0. The van der Waals surface area contributed by atoms with Crippen LogP contribution in [-0.2, 0) is 23.9 Å². The highest BCUT2D eigenvalue weighted by molar-refractivity contribution is 5.91. The molecule has 0 spiro atoms. The minimum atomic E-state index is -0.661. The SMILES string of the molecule is CC(=O)O[C@@H]1CC[C@@]2(C)[C@@H]3CC=C4C(=O)OC[C@@H]4[C@@]3(C)CC[C@@H]2[C@]1(C)C=O. The second-order valence-corrected chi connectivity index (χ2v) is 9.82. The Kier molecular flexibility index (Phi) is 4.10. The lowest BCUT2D eigenvalue weighted by molar-refractivity contribution is -0.197. The zero-order chi connectivity index (χ0) is 19.6. The van der Waals surface area contributed by atoms with Gasteiger partial charge in [0.25, 0.3) is 0 Å². The fraction of sp³-hybridized carbons (Fsp3) is 0.773. The van der Waals surface area contributed by atoms with Gasteiger partial charge < -0.3 is 14.3 Å². The van der Waals surface area contributed by atoms with Crippen LogP contribution in [0.25, 0.3) is 0 Å². The first-order valence-electron chi connectivity index (χ1n) is 10.2. The molecule has 3 aliphatic carbocycles. The largest absolute Gasteiger partial charge is 0.462 e. The summed E-state index contributed by atoms with van der Waals surface area (Å²) in [6, 6.07) is 0. The van der Waals surface area contributed by atoms with Crippen molar-refractivity contribution in [1.82, 2.24) is 0 Å². The lowest BCUT2D eigenvalue weighted by atomic mass is 9.39. The van der Waals surface area contributed by atoms with Gasteiger partial charge in [0.1, 0.15) is 12.4 Å². The Morgan fingerprint density at radius 2 is 1.89 bits per heavy atom. The van der Waals surface area contributed by atoms with E-state index in [2.05, 4.69) is 19.9 Å². The van der Waals surface area contributed by atoms with Crippen molar-refractivity contribution in [2.75, 3.05) is 6.61 Å². The first-order valence-corrected chi connectivity index (χ1v) is 10.2. The van der Waals surface area contributed by atoms with Gasteiger partial charge in [-0.05, 0) is 61.7 Å². The van der Waals surface area contributed by atoms with Crippen LogP contribution in [0.3, 0.4) is 0 Å². The normalized spacial score (nSPS) is 48.4. The van der Waals surface area contributed by atoms with Gasteiger partial charge >= 0.3 is 11.9 Å². The topological polar surface area (TPSA) is 69.7 Å². The van der Waals surface area contributed by atoms with Gasteiger partial charge in [0, 0.05) is 18.4 Å². The molecule has 0 amide bonds. The maximum Gasteiger partial charge on any atom is 0.334 e. The van der Waals surface area contributed by atoms with E-state index >= 15 is 0 Å². The van der Waals surface area contributed by atoms with E-state index in [1.54, 1.807) is 0 Å². The average molecular weight is 374 g/mol. The molecule has 0 radical (unpaired) electrons. The Balaban J connectivity index is 1.72. The zero-order valence-electron chi connectivity index (χ0n) is 16.7. The van der Waals surface area contributed by atoms with Crippen molar-refractivity contribution >= 4 is 18.2 Å². The highest BCUT2D eigenvalue weighted by Crippen LogP contribution is 2.68. The minimum absolute atomic E-state index is 0.0134. The lowest BCUT2D eigenvalue weighted by Gasteiger charge is -2.65. The highest BCUT2D eigenvalue weighted by Gasteiger charge is 2.65. The van der Waals surface area contributed by atoms with E-state index in [1.807, 2.05) is 6.92 Å². The van der Waals surface area contributed by atoms with Gasteiger partial charge in [0.05, 0.1) is 12.0 Å². The maximum absolute atomic E-state index is 12.3. The van der Waals surface area contributed by atoms with Gasteiger partial charge in [-0.25, -0.2) is 4.79 Å². The Hall–Kier alpha value is -1.65. The van der Waals surface area contributed by atoms with E-state index < -0.39 is 5.41 Å². The van der Waals surface area contributed by atoms with Crippen LogP contribution in [0.4, 0.5) is 0 Å². The fourth-order valence-electron chi connectivity index (χ4n) is 7.29. The molecule has 5 nitrogen and oxygen atoms in total. The number of ether oxygens (including phenoxy) is 2. The standard InChI is InChI=1S/C22H30O5/c1-13(24)27-18-8-10-21(3)16-6-5-14-15(11-26-19(14)25)20(16,2)9-7-17(21)22(18,4)12-23/h5,12,15-18H,6-11H2,1-4H3/t15-,16+,17-,18+,20+,21-,22-/m0/s1. The molecule has 7 atom stereocenters. The van der Waals surface area contributed by atoms with E-state index in [9.17, 15) is 14.4 Å². The van der Waals surface area contributed by atoms with Gasteiger partial charge in [-0.3, -0.25) is 4.79 Å². The lowest BCUT2D eigenvalue weighted by Crippen LogP contribution is -2.62. The minimum Gasteiger partial charge on any atom is -0.462 e. The zero-order valence-corrected chi connectivity index (χ0v) is 16.7. The number of fused-ring (bicyclic) bond motifs is 5. The summed E-state index contributed by atoms with van der Waals surface area (Å²) in [5.74, 6) is 0.263. The molecule has 1 heterocycles. The first kappa shape index (κ1) is 18.7. The molecule has 0 aromatic rings. The first-order chi connectivity index (χ1) is 12.7. The summed E-state index contributed by atoms with van der Waals surface area (Å²) in [6.45, 7) is 8.52. The molecule has 2 saturated carbocycles. The average Bonchev–Trinajstić information content (AvgIpc) is 2.99. The molecule has 4 rings (SSSR count). The number of hydrogen-bond donors (Lipinski definition) is 0. The van der Waals surface area contributed by atoms with E-state index in [-0.39, 0.29) is 40.7 Å². The van der Waals surface area contributed by atoms with Gasteiger partial charge in [-0.1, -0.05) is 19.9 Å². The van der Waals surface area contributed by atoms with Crippen molar-refractivity contribution in [3.05, 3.63) is 11.6 Å². The van der Waals surface area contributed by atoms with Crippen LogP contribution in [0.5, 0.6) is 0 Å². The fourth-order valence-corrected chi connectivity index (χ4v) is 7.29. The molecule has 0 aromatic heterocycles. The van der Waals surface area contributed by atoms with E-state index in [0.717, 1.165) is 37.5 Å². The Bertz CT molecular complexity index is 726. The molecule has 0 unspecified atom stereocenters. The summed E-state index contributed by atoms with van der Waals surface area (Å²) in [5, 5.41) is 0. The predicted molar refractivity (Wildman–Crippen MR) is 98.5 cm³/mol. The van der Waals surface area contributed by atoms with Gasteiger partial charge in [0.15, 0.2) is 0 Å². The number of esters is 2. The molecule has 5 heteroatoms. The van der Waals surface area contributed by atoms with Crippen molar-refractivity contribution in [2.24, 2.45) is 34.0 Å². The number of hydrogen-bond acceptors (Lipinski definition) is 5. The van der Waals surface area contributed by atoms with E-state index in [1.165, 1.54) is 6.92 Å². The van der Waals surface area contributed by atoms with Crippen LogP contribution in [-0.4, -0.2) is 30.9 Å². The predicted octanol–water partition coefficient (Wildman–Crippen LogP) is 3.46. The molecule has 1 aliphatic heterocycles. The van der Waals surface area contributed by atoms with Crippen molar-refractivity contribution in [3.8, 4) is 0 Å². The molecule has 3 fully saturated rings. The summed E-state index contributed by atoms with van der Waals surface area (Å²) in [5.41, 5.74) is 0.195. The molecular formula is C22H30O5. The van der Waals surface area contributed by atoms with Crippen LogP contribution in [0.15, 0.2) is 11.6 Å². The Morgan fingerprint density at radius 3 is 2.56 bits per heavy atom. The van der Waals surface area contributed by atoms with Crippen LogP contribution in [0.1, 0.15) is 59.8 Å². The van der Waals surface area contributed by atoms with E-state index in [0.29, 0.717) is 18.9 Å². The summed E-state index contributed by atoms with van der Waals surface area (Å²) in [4.78, 5) is 36.0. The van der Waals surface area contributed by atoms with Crippen LogP contribution < -0.4 is 0 Å². The molecule has 148 valence electrons. The van der Waals surface area contributed by atoms with E-state index in [4.69, 9.17) is 9.47 Å².